The Morgan fingerprint density at radius 2 is 1.79 bits per heavy atom. The van der Waals surface area contributed by atoms with E-state index in [1.807, 2.05) is 0 Å². The minimum atomic E-state index is -3.78. The van der Waals surface area contributed by atoms with Crippen molar-refractivity contribution in [3.05, 3.63) is 51.3 Å². The second-order valence-corrected chi connectivity index (χ2v) is 9.17. The smallest absolute Gasteiger partial charge is 0.340 e. The molecule has 0 saturated carbocycles. The van der Waals surface area contributed by atoms with Crippen LogP contribution in [0.25, 0.3) is 0 Å². The highest BCUT2D eigenvalue weighted by atomic mass is 35.5. The van der Waals surface area contributed by atoms with Gasteiger partial charge in [0.05, 0.1) is 21.2 Å². The second-order valence-electron chi connectivity index (χ2n) is 6.61. The molecular formula is C19H21ClN2O6S. The van der Waals surface area contributed by atoms with Crippen molar-refractivity contribution in [2.45, 2.75) is 25.7 Å². The highest BCUT2D eigenvalue weighted by Crippen LogP contribution is 2.23. The second kappa shape index (κ2) is 8.48. The summed E-state index contributed by atoms with van der Waals surface area (Å²) in [6, 6.07) is 3.64. The highest BCUT2D eigenvalue weighted by molar-refractivity contribution is 7.89. The summed E-state index contributed by atoms with van der Waals surface area (Å²) in [6.45, 7) is 4.09. The molecule has 10 heteroatoms. The molecule has 2 aromatic rings. The maximum Gasteiger partial charge on any atom is 0.340 e. The Balaban J connectivity index is 2.23. The summed E-state index contributed by atoms with van der Waals surface area (Å²) in [5.74, 6) is -1.65. The van der Waals surface area contributed by atoms with Crippen LogP contribution >= 0.6 is 11.6 Å². The van der Waals surface area contributed by atoms with Crippen LogP contribution in [0, 0.1) is 13.8 Å². The number of hydrogen-bond donors (Lipinski definition) is 1. The van der Waals surface area contributed by atoms with E-state index in [1.165, 1.54) is 33.2 Å². The number of benzene rings is 1. The SMILES string of the molecule is CC(=O)c1c(C)[nH]c(C(=O)COC(=O)c2cc(S(=O)(=O)N(C)C)ccc2Cl)c1C. The summed E-state index contributed by atoms with van der Waals surface area (Å²) in [6.07, 6.45) is 0. The number of aromatic nitrogens is 1. The molecule has 0 amide bonds. The minimum Gasteiger partial charge on any atom is -0.454 e. The molecule has 2 rings (SSSR count). The number of nitrogens with one attached hydrogen (secondary N) is 1. The number of nitrogens with zero attached hydrogens (tertiary/aromatic N) is 1. The number of ether oxygens (including phenoxy) is 1. The van der Waals surface area contributed by atoms with Crippen LogP contribution in [-0.4, -0.2) is 55.9 Å². The Bertz CT molecular complexity index is 1100. The van der Waals surface area contributed by atoms with Crippen LogP contribution in [0.5, 0.6) is 0 Å². The Morgan fingerprint density at radius 3 is 2.31 bits per heavy atom. The number of carbonyl (C=O) groups is 3. The van der Waals surface area contributed by atoms with Crippen LogP contribution < -0.4 is 0 Å². The molecule has 1 aromatic carbocycles. The quantitative estimate of drug-likeness (QED) is 0.523. The van der Waals surface area contributed by atoms with Gasteiger partial charge >= 0.3 is 5.97 Å². The number of hydrogen-bond acceptors (Lipinski definition) is 6. The lowest BCUT2D eigenvalue weighted by atomic mass is 10.1. The first kappa shape index (κ1) is 22.8. The number of Topliss-reactive ketones (excluding diaryl/α,β-unsaturated/α-hetero) is 2. The average molecular weight is 441 g/mol. The van der Waals surface area contributed by atoms with Gasteiger partial charge in [0, 0.05) is 25.4 Å². The van der Waals surface area contributed by atoms with E-state index in [1.54, 1.807) is 13.8 Å². The predicted octanol–water partition coefficient (Wildman–Crippen LogP) is 2.78. The number of halogens is 1. The molecule has 0 spiro atoms. The summed E-state index contributed by atoms with van der Waals surface area (Å²) < 4.78 is 30.5. The Hall–Kier alpha value is -2.49. The van der Waals surface area contributed by atoms with Gasteiger partial charge in [0.25, 0.3) is 0 Å². The first-order valence-corrected chi connectivity index (χ1v) is 10.3. The largest absolute Gasteiger partial charge is 0.454 e. The van der Waals surface area contributed by atoms with Gasteiger partial charge < -0.3 is 9.72 Å². The van der Waals surface area contributed by atoms with E-state index in [-0.39, 0.29) is 27.0 Å². The summed E-state index contributed by atoms with van der Waals surface area (Å²) in [5, 5.41) is -0.00841. The fourth-order valence-corrected chi connectivity index (χ4v) is 3.99. The molecular weight excluding hydrogens is 420 g/mol. The van der Waals surface area contributed by atoms with Crippen molar-refractivity contribution in [2.75, 3.05) is 20.7 Å². The van der Waals surface area contributed by atoms with Crippen molar-refractivity contribution in [3.8, 4) is 0 Å². The molecule has 0 aliphatic rings. The van der Waals surface area contributed by atoms with Gasteiger partial charge in [-0.25, -0.2) is 17.5 Å². The van der Waals surface area contributed by atoms with Gasteiger partial charge in [-0.2, -0.15) is 0 Å². The molecule has 0 radical (unpaired) electrons. The molecule has 0 saturated heterocycles. The zero-order valence-corrected chi connectivity index (χ0v) is 18.2. The van der Waals surface area contributed by atoms with Gasteiger partial charge in [0.15, 0.2) is 12.4 Å². The van der Waals surface area contributed by atoms with Crippen molar-refractivity contribution in [1.82, 2.24) is 9.29 Å². The van der Waals surface area contributed by atoms with Crippen molar-refractivity contribution < 1.29 is 27.5 Å². The molecule has 0 atom stereocenters. The molecule has 29 heavy (non-hydrogen) atoms. The zero-order valence-electron chi connectivity index (χ0n) is 16.6. The first-order valence-electron chi connectivity index (χ1n) is 8.50. The van der Waals surface area contributed by atoms with E-state index in [0.29, 0.717) is 16.8 Å². The maximum absolute atomic E-state index is 12.4. The molecule has 0 fully saturated rings. The molecule has 0 unspecified atom stereocenters. The molecule has 1 aromatic heterocycles. The Morgan fingerprint density at radius 1 is 1.17 bits per heavy atom. The molecule has 0 aliphatic heterocycles. The number of ketones is 2. The van der Waals surface area contributed by atoms with Crippen LogP contribution in [0.2, 0.25) is 5.02 Å². The summed E-state index contributed by atoms with van der Waals surface area (Å²) in [7, 11) is -1.06. The van der Waals surface area contributed by atoms with E-state index in [2.05, 4.69) is 4.98 Å². The third-order valence-corrected chi connectivity index (χ3v) is 6.48. The number of aromatic amines is 1. The van der Waals surface area contributed by atoms with Gasteiger partial charge in [-0.1, -0.05) is 11.6 Å². The number of sulfonamides is 1. The van der Waals surface area contributed by atoms with Crippen LogP contribution in [0.1, 0.15) is 49.4 Å². The van der Waals surface area contributed by atoms with Crippen molar-refractivity contribution in [1.29, 1.82) is 0 Å². The van der Waals surface area contributed by atoms with E-state index in [9.17, 15) is 22.8 Å². The molecule has 0 aliphatic carbocycles. The topological polar surface area (TPSA) is 114 Å². The third kappa shape index (κ3) is 4.58. The number of aryl methyl sites for hydroxylation is 1. The normalized spacial score (nSPS) is 11.6. The fourth-order valence-electron chi connectivity index (χ4n) is 2.87. The molecule has 1 heterocycles. The average Bonchev–Trinajstić information content (AvgIpc) is 2.93. The van der Waals surface area contributed by atoms with Crippen molar-refractivity contribution in [3.63, 3.8) is 0 Å². The third-order valence-electron chi connectivity index (χ3n) is 4.34. The van der Waals surface area contributed by atoms with E-state index >= 15 is 0 Å². The molecule has 1 N–H and O–H groups in total. The van der Waals surface area contributed by atoms with Gasteiger partial charge in [-0.3, -0.25) is 9.59 Å². The Labute approximate surface area is 173 Å². The first-order chi connectivity index (χ1) is 13.4. The van der Waals surface area contributed by atoms with Gasteiger partial charge in [-0.05, 0) is 44.5 Å². The number of rotatable bonds is 7. The fraction of sp³-hybridized carbons (Fsp3) is 0.316. The van der Waals surface area contributed by atoms with Gasteiger partial charge in [0.1, 0.15) is 0 Å². The minimum absolute atomic E-state index is 0.00841. The van der Waals surface area contributed by atoms with Crippen molar-refractivity contribution >= 4 is 39.2 Å². The predicted molar refractivity (Wildman–Crippen MR) is 107 cm³/mol. The zero-order chi connectivity index (χ0) is 22.1. The number of H-pyrrole nitrogens is 1. The lowest BCUT2D eigenvalue weighted by Gasteiger charge is -2.13. The van der Waals surface area contributed by atoms with Crippen molar-refractivity contribution in [2.24, 2.45) is 0 Å². The summed E-state index contributed by atoms with van der Waals surface area (Å²) in [5.41, 5.74) is 1.45. The highest BCUT2D eigenvalue weighted by Gasteiger charge is 2.24. The lowest BCUT2D eigenvalue weighted by Crippen LogP contribution is -2.23. The molecule has 0 bridgehead atoms. The summed E-state index contributed by atoms with van der Waals surface area (Å²) >= 11 is 6.00. The van der Waals surface area contributed by atoms with Crippen LogP contribution in [0.3, 0.4) is 0 Å². The standard InChI is InChI=1S/C19H21ClN2O6S/c1-10-17(12(3)23)11(2)21-18(10)16(24)9-28-19(25)14-8-13(6-7-15(14)20)29(26,27)22(4)5/h6-8,21H,9H2,1-5H3. The number of esters is 1. The lowest BCUT2D eigenvalue weighted by molar-refractivity contribution is 0.0473. The van der Waals surface area contributed by atoms with Gasteiger partial charge in [-0.15, -0.1) is 0 Å². The Kier molecular flexibility index (Phi) is 6.67. The van der Waals surface area contributed by atoms with E-state index in [4.69, 9.17) is 16.3 Å². The van der Waals surface area contributed by atoms with Gasteiger partial charge in [0.2, 0.25) is 15.8 Å². The van der Waals surface area contributed by atoms with Crippen LogP contribution in [-0.2, 0) is 14.8 Å². The van der Waals surface area contributed by atoms with Crippen LogP contribution in [0.4, 0.5) is 0 Å². The number of carbonyl (C=O) groups excluding carboxylic acids is 3. The van der Waals surface area contributed by atoms with E-state index in [0.717, 1.165) is 10.4 Å². The van der Waals surface area contributed by atoms with Crippen LogP contribution in [0.15, 0.2) is 23.1 Å². The maximum atomic E-state index is 12.4. The monoisotopic (exact) mass is 440 g/mol. The van der Waals surface area contributed by atoms with E-state index < -0.39 is 28.4 Å². The summed E-state index contributed by atoms with van der Waals surface area (Å²) in [4.78, 5) is 39.2. The molecule has 8 nitrogen and oxygen atoms in total. The molecule has 156 valence electrons.